The van der Waals surface area contributed by atoms with Crippen LogP contribution < -0.4 is 10.1 Å². The lowest BCUT2D eigenvalue weighted by Crippen LogP contribution is -2.36. The Morgan fingerprint density at radius 1 is 1.29 bits per heavy atom. The molecule has 0 aromatic heterocycles. The third-order valence-corrected chi connectivity index (χ3v) is 2.72. The summed E-state index contributed by atoms with van der Waals surface area (Å²) in [7, 11) is 1.83. The summed E-state index contributed by atoms with van der Waals surface area (Å²) in [5.74, 6) is 0.525. The number of amides is 1. The molecule has 1 amide bonds. The molecule has 0 radical (unpaired) electrons. The van der Waals surface area contributed by atoms with Gasteiger partial charge in [-0.25, -0.2) is 0 Å². The van der Waals surface area contributed by atoms with Gasteiger partial charge < -0.3 is 10.1 Å². The summed E-state index contributed by atoms with van der Waals surface area (Å²) < 4.78 is 28.3. The molecule has 0 aliphatic carbocycles. The molecule has 6 heteroatoms. The molecule has 1 aromatic rings. The first-order valence-electron chi connectivity index (χ1n) is 6.86. The van der Waals surface area contributed by atoms with Crippen LogP contribution in [0.3, 0.4) is 0 Å². The summed E-state index contributed by atoms with van der Waals surface area (Å²) in [6.07, 6.45) is 0. The van der Waals surface area contributed by atoms with E-state index in [2.05, 4.69) is 10.1 Å². The summed E-state index contributed by atoms with van der Waals surface area (Å²) in [6, 6.07) is 6.41. The monoisotopic (exact) mass is 300 g/mol. The van der Waals surface area contributed by atoms with Crippen LogP contribution in [-0.4, -0.2) is 37.6 Å². The van der Waals surface area contributed by atoms with Crippen molar-refractivity contribution >= 4 is 5.91 Å². The quantitative estimate of drug-likeness (QED) is 0.802. The molecule has 118 valence electrons. The van der Waals surface area contributed by atoms with Gasteiger partial charge in [0.05, 0.1) is 6.54 Å². The number of likely N-dealkylation sites (N-methyl/N-ethyl adjacent to an activating group) is 1. The first kappa shape index (κ1) is 17.4. The number of alkyl halides is 2. The lowest BCUT2D eigenvalue weighted by atomic mass is 10.2. The number of nitrogens with one attached hydrogen (secondary N) is 1. The number of hydrogen-bond acceptors (Lipinski definition) is 3. The number of hydrogen-bond donors (Lipinski definition) is 1. The van der Waals surface area contributed by atoms with Crippen LogP contribution in [0.1, 0.15) is 19.4 Å². The molecule has 21 heavy (non-hydrogen) atoms. The van der Waals surface area contributed by atoms with E-state index in [1.165, 1.54) is 12.1 Å². The van der Waals surface area contributed by atoms with E-state index in [-0.39, 0.29) is 11.7 Å². The Morgan fingerprint density at radius 3 is 2.43 bits per heavy atom. The Kier molecular flexibility index (Phi) is 7.08. The molecule has 1 aromatic carbocycles. The van der Waals surface area contributed by atoms with Crippen LogP contribution in [0.4, 0.5) is 8.78 Å². The van der Waals surface area contributed by atoms with E-state index in [4.69, 9.17) is 0 Å². The zero-order valence-electron chi connectivity index (χ0n) is 12.6. The summed E-state index contributed by atoms with van der Waals surface area (Å²) in [5, 5.41) is 2.85. The minimum absolute atomic E-state index is 0.0242. The van der Waals surface area contributed by atoms with E-state index in [9.17, 15) is 13.6 Å². The summed E-state index contributed by atoms with van der Waals surface area (Å²) in [4.78, 5) is 13.5. The third kappa shape index (κ3) is 7.60. The second-order valence-corrected chi connectivity index (χ2v) is 5.39. The molecule has 0 fully saturated rings. The normalized spacial score (nSPS) is 11.2. The highest BCUT2D eigenvalue weighted by Crippen LogP contribution is 2.15. The van der Waals surface area contributed by atoms with Crippen molar-refractivity contribution in [3.05, 3.63) is 29.8 Å². The van der Waals surface area contributed by atoms with E-state index in [1.54, 1.807) is 12.1 Å². The molecule has 0 bridgehead atoms. The van der Waals surface area contributed by atoms with Crippen LogP contribution in [0, 0.1) is 5.92 Å². The molecular weight excluding hydrogens is 278 g/mol. The number of ether oxygens (including phenoxy) is 1. The van der Waals surface area contributed by atoms with Gasteiger partial charge in [-0.15, -0.1) is 0 Å². The standard InChI is InChI=1S/C15H22F2N2O2/c1-11(2)8-18-14(20)10-19(3)9-12-4-6-13(7-5-12)21-15(16)17/h4-7,11,15H,8-10H2,1-3H3,(H,18,20). The van der Waals surface area contributed by atoms with Crippen LogP contribution >= 0.6 is 0 Å². The van der Waals surface area contributed by atoms with Crippen molar-refractivity contribution < 1.29 is 18.3 Å². The van der Waals surface area contributed by atoms with E-state index in [0.29, 0.717) is 25.6 Å². The topological polar surface area (TPSA) is 41.6 Å². The first-order valence-corrected chi connectivity index (χ1v) is 6.86. The van der Waals surface area contributed by atoms with Gasteiger partial charge in [0, 0.05) is 13.1 Å². The Morgan fingerprint density at radius 2 is 1.90 bits per heavy atom. The first-order chi connectivity index (χ1) is 9.86. The van der Waals surface area contributed by atoms with Gasteiger partial charge in [0.2, 0.25) is 5.91 Å². The summed E-state index contributed by atoms with van der Waals surface area (Å²) in [6.45, 7) is 2.77. The molecule has 0 atom stereocenters. The van der Waals surface area contributed by atoms with Crippen molar-refractivity contribution in [2.75, 3.05) is 20.1 Å². The Balaban J connectivity index is 2.40. The average Bonchev–Trinajstić information content (AvgIpc) is 2.38. The summed E-state index contributed by atoms with van der Waals surface area (Å²) >= 11 is 0. The van der Waals surface area contributed by atoms with E-state index >= 15 is 0 Å². The predicted octanol–water partition coefficient (Wildman–Crippen LogP) is 2.49. The third-order valence-electron chi connectivity index (χ3n) is 2.72. The maximum atomic E-state index is 12.0. The minimum atomic E-state index is -2.82. The van der Waals surface area contributed by atoms with Crippen molar-refractivity contribution in [3.63, 3.8) is 0 Å². The van der Waals surface area contributed by atoms with Gasteiger partial charge in [-0.3, -0.25) is 9.69 Å². The maximum Gasteiger partial charge on any atom is 0.387 e. The predicted molar refractivity (Wildman–Crippen MR) is 77.3 cm³/mol. The Labute approximate surface area is 124 Å². The minimum Gasteiger partial charge on any atom is -0.435 e. The van der Waals surface area contributed by atoms with Gasteiger partial charge in [-0.05, 0) is 30.7 Å². The average molecular weight is 300 g/mol. The highest BCUT2D eigenvalue weighted by molar-refractivity contribution is 5.77. The molecule has 1 rings (SSSR count). The van der Waals surface area contributed by atoms with Crippen molar-refractivity contribution in [3.8, 4) is 5.75 Å². The molecule has 0 unspecified atom stereocenters. The van der Waals surface area contributed by atoms with E-state index < -0.39 is 6.61 Å². The lowest BCUT2D eigenvalue weighted by Gasteiger charge is -2.17. The van der Waals surface area contributed by atoms with Gasteiger partial charge in [0.25, 0.3) is 0 Å². The number of halogens is 2. The van der Waals surface area contributed by atoms with Crippen LogP contribution in [0.5, 0.6) is 5.75 Å². The van der Waals surface area contributed by atoms with Gasteiger partial charge in [0.15, 0.2) is 0 Å². The fourth-order valence-corrected chi connectivity index (χ4v) is 1.76. The number of carbonyl (C=O) groups is 1. The molecular formula is C15H22F2N2O2. The molecule has 0 saturated heterocycles. The summed E-state index contributed by atoms with van der Waals surface area (Å²) in [5.41, 5.74) is 0.927. The molecule has 0 spiro atoms. The van der Waals surface area contributed by atoms with Crippen molar-refractivity contribution in [2.45, 2.75) is 27.0 Å². The molecule has 0 heterocycles. The van der Waals surface area contributed by atoms with Crippen LogP contribution in [0.15, 0.2) is 24.3 Å². The van der Waals surface area contributed by atoms with Crippen LogP contribution in [0.25, 0.3) is 0 Å². The zero-order chi connectivity index (χ0) is 15.8. The molecule has 1 N–H and O–H groups in total. The Hall–Kier alpha value is -1.69. The molecule has 0 aliphatic rings. The fraction of sp³-hybridized carbons (Fsp3) is 0.533. The number of nitrogens with zero attached hydrogens (tertiary/aromatic N) is 1. The fourth-order valence-electron chi connectivity index (χ4n) is 1.76. The Bertz CT molecular complexity index is 436. The lowest BCUT2D eigenvalue weighted by molar-refractivity contribution is -0.122. The largest absolute Gasteiger partial charge is 0.435 e. The van der Waals surface area contributed by atoms with Gasteiger partial charge >= 0.3 is 6.61 Å². The number of benzene rings is 1. The van der Waals surface area contributed by atoms with Crippen molar-refractivity contribution in [1.29, 1.82) is 0 Å². The second kappa shape index (κ2) is 8.56. The van der Waals surface area contributed by atoms with Gasteiger partial charge in [-0.1, -0.05) is 26.0 Å². The van der Waals surface area contributed by atoms with E-state index in [1.807, 2.05) is 25.8 Å². The molecule has 4 nitrogen and oxygen atoms in total. The van der Waals surface area contributed by atoms with Crippen molar-refractivity contribution in [2.24, 2.45) is 5.92 Å². The van der Waals surface area contributed by atoms with Gasteiger partial charge in [-0.2, -0.15) is 8.78 Å². The maximum absolute atomic E-state index is 12.0. The molecule has 0 saturated carbocycles. The van der Waals surface area contributed by atoms with Gasteiger partial charge in [0.1, 0.15) is 5.75 Å². The van der Waals surface area contributed by atoms with Crippen LogP contribution in [0.2, 0.25) is 0 Å². The highest BCUT2D eigenvalue weighted by Gasteiger charge is 2.08. The van der Waals surface area contributed by atoms with E-state index in [0.717, 1.165) is 5.56 Å². The zero-order valence-corrected chi connectivity index (χ0v) is 12.6. The van der Waals surface area contributed by atoms with Crippen molar-refractivity contribution in [1.82, 2.24) is 10.2 Å². The molecule has 0 aliphatic heterocycles. The van der Waals surface area contributed by atoms with Crippen LogP contribution in [-0.2, 0) is 11.3 Å². The number of carbonyl (C=O) groups excluding carboxylic acids is 1. The second-order valence-electron chi connectivity index (χ2n) is 5.39. The smallest absolute Gasteiger partial charge is 0.387 e. The highest BCUT2D eigenvalue weighted by atomic mass is 19.3. The number of rotatable bonds is 8. The SMILES string of the molecule is CC(C)CNC(=O)CN(C)Cc1ccc(OC(F)F)cc1.